The molecule has 1 N–H and O–H groups in total. The Hall–Kier alpha value is 0.0600. The molecule has 0 aromatic heterocycles. The quantitative estimate of drug-likeness (QED) is 0.719. The van der Waals surface area contributed by atoms with Gasteiger partial charge in [0.05, 0.1) is 4.47 Å². The van der Waals surface area contributed by atoms with Crippen molar-refractivity contribution in [3.63, 3.8) is 0 Å². The molecule has 1 fully saturated rings. The molecule has 0 unspecified atom stereocenters. The van der Waals surface area contributed by atoms with Gasteiger partial charge in [0.25, 0.3) is 0 Å². The van der Waals surface area contributed by atoms with Gasteiger partial charge in [-0.3, -0.25) is 4.90 Å². The molecule has 1 aliphatic heterocycles. The number of rotatable bonds is 4. The smallest absolute Gasteiger partial charge is 0.145 e. The zero-order valence-corrected chi connectivity index (χ0v) is 16.0. The SMILES string of the molecule is CC(C)C[C@H](c1c(F)ccc(Br)c1F)N1CCNCC1.Cl.Cl. The third-order valence-electron chi connectivity index (χ3n) is 3.70. The van der Waals surface area contributed by atoms with E-state index in [-0.39, 0.29) is 36.4 Å². The van der Waals surface area contributed by atoms with Crippen molar-refractivity contribution in [2.45, 2.75) is 26.3 Å². The molecule has 1 aliphatic rings. The van der Waals surface area contributed by atoms with Gasteiger partial charge in [0.15, 0.2) is 0 Å². The van der Waals surface area contributed by atoms with Crippen molar-refractivity contribution < 1.29 is 8.78 Å². The Kier molecular flexibility index (Phi) is 10.1. The lowest BCUT2D eigenvalue weighted by molar-refractivity contribution is 0.147. The average Bonchev–Trinajstić information content (AvgIpc) is 2.43. The summed E-state index contributed by atoms with van der Waals surface area (Å²) in [5, 5.41) is 3.28. The average molecular weight is 420 g/mol. The summed E-state index contributed by atoms with van der Waals surface area (Å²) in [4.78, 5) is 2.18. The summed E-state index contributed by atoms with van der Waals surface area (Å²) in [7, 11) is 0. The normalized spacial score (nSPS) is 16.8. The molecular weight excluding hydrogens is 397 g/mol. The zero-order chi connectivity index (χ0) is 14.7. The lowest BCUT2D eigenvalue weighted by atomic mass is 9.94. The van der Waals surface area contributed by atoms with E-state index in [1.165, 1.54) is 12.1 Å². The molecule has 7 heteroatoms. The Morgan fingerprint density at radius 1 is 1.18 bits per heavy atom. The number of nitrogens with zero attached hydrogens (tertiary/aromatic N) is 1. The van der Waals surface area contributed by atoms with Crippen molar-refractivity contribution in [2.75, 3.05) is 26.2 Å². The van der Waals surface area contributed by atoms with Crippen molar-refractivity contribution in [1.82, 2.24) is 10.2 Å². The predicted octanol–water partition coefficient (Wildman–Crippen LogP) is 4.56. The summed E-state index contributed by atoms with van der Waals surface area (Å²) in [5.74, 6) is -0.531. The lowest BCUT2D eigenvalue weighted by Crippen LogP contribution is -2.45. The maximum atomic E-state index is 14.4. The third-order valence-corrected chi connectivity index (χ3v) is 4.31. The maximum absolute atomic E-state index is 14.4. The van der Waals surface area contributed by atoms with Crippen LogP contribution in [0.5, 0.6) is 0 Å². The standard InChI is InChI=1S/C15H21BrF2N2.2ClH/c1-10(2)9-13(20-7-5-19-6-8-20)14-12(17)4-3-11(16)15(14)18;;/h3-4,10,13,19H,5-9H2,1-2H3;2*1H/t13-;;/m1../s1. The predicted molar refractivity (Wildman–Crippen MR) is 95.2 cm³/mol. The number of nitrogens with one attached hydrogen (secondary N) is 1. The molecular formula is C15H23BrCl2F2N2. The highest BCUT2D eigenvalue weighted by atomic mass is 79.9. The minimum Gasteiger partial charge on any atom is -0.314 e. The van der Waals surface area contributed by atoms with E-state index in [0.717, 1.165) is 32.6 Å². The number of halogens is 5. The second-order valence-electron chi connectivity index (χ2n) is 5.69. The summed E-state index contributed by atoms with van der Waals surface area (Å²) >= 11 is 3.17. The topological polar surface area (TPSA) is 15.3 Å². The van der Waals surface area contributed by atoms with E-state index in [1.54, 1.807) is 0 Å². The summed E-state index contributed by atoms with van der Waals surface area (Å²) in [6.45, 7) is 7.55. The van der Waals surface area contributed by atoms with Crippen LogP contribution in [0.25, 0.3) is 0 Å². The molecule has 2 nitrogen and oxygen atoms in total. The van der Waals surface area contributed by atoms with Crippen LogP contribution in [-0.2, 0) is 0 Å². The maximum Gasteiger partial charge on any atom is 0.145 e. The van der Waals surface area contributed by atoms with E-state index in [1.807, 2.05) is 0 Å². The van der Waals surface area contributed by atoms with Crippen LogP contribution >= 0.6 is 40.7 Å². The van der Waals surface area contributed by atoms with Gasteiger partial charge in [-0.2, -0.15) is 0 Å². The van der Waals surface area contributed by atoms with Crippen molar-refractivity contribution in [3.05, 3.63) is 33.8 Å². The van der Waals surface area contributed by atoms with Crippen molar-refractivity contribution >= 4 is 40.7 Å². The van der Waals surface area contributed by atoms with Gasteiger partial charge in [0.1, 0.15) is 11.6 Å². The second-order valence-corrected chi connectivity index (χ2v) is 6.54. The van der Waals surface area contributed by atoms with Gasteiger partial charge in [-0.1, -0.05) is 13.8 Å². The Bertz CT molecular complexity index is 469. The first-order chi connectivity index (χ1) is 9.50. The molecule has 22 heavy (non-hydrogen) atoms. The van der Waals surface area contributed by atoms with Crippen molar-refractivity contribution in [2.24, 2.45) is 5.92 Å². The van der Waals surface area contributed by atoms with Gasteiger partial charge in [0.2, 0.25) is 0 Å². The largest absolute Gasteiger partial charge is 0.314 e. The van der Waals surface area contributed by atoms with Crippen LogP contribution in [0.2, 0.25) is 0 Å². The first-order valence-corrected chi connectivity index (χ1v) is 7.88. The second kappa shape index (κ2) is 10.0. The van der Waals surface area contributed by atoms with Crippen LogP contribution < -0.4 is 5.32 Å². The molecule has 2 rings (SSSR count). The summed E-state index contributed by atoms with van der Waals surface area (Å²) in [5.41, 5.74) is 0.204. The van der Waals surface area contributed by atoms with Gasteiger partial charge >= 0.3 is 0 Å². The van der Waals surface area contributed by atoms with Crippen LogP contribution in [-0.4, -0.2) is 31.1 Å². The molecule has 0 radical (unpaired) electrons. The van der Waals surface area contributed by atoms with E-state index < -0.39 is 11.6 Å². The number of benzene rings is 1. The minimum absolute atomic E-state index is 0. The molecule has 1 saturated heterocycles. The number of hydrogen-bond donors (Lipinski definition) is 1. The summed E-state index contributed by atoms with van der Waals surface area (Å²) in [6, 6.07) is 2.57. The first kappa shape index (κ1) is 22.1. The fourth-order valence-electron chi connectivity index (χ4n) is 2.74. The molecule has 128 valence electrons. The zero-order valence-electron chi connectivity index (χ0n) is 12.7. The number of piperazine rings is 1. The Labute approximate surface area is 152 Å². The molecule has 0 aliphatic carbocycles. The summed E-state index contributed by atoms with van der Waals surface area (Å²) < 4.78 is 28.9. The molecule has 0 spiro atoms. The van der Waals surface area contributed by atoms with Gasteiger partial charge in [0, 0.05) is 37.8 Å². The molecule has 1 aromatic rings. The van der Waals surface area contributed by atoms with Crippen LogP contribution in [0.4, 0.5) is 8.78 Å². The van der Waals surface area contributed by atoms with Gasteiger partial charge < -0.3 is 5.32 Å². The molecule has 0 bridgehead atoms. The fraction of sp³-hybridized carbons (Fsp3) is 0.600. The van der Waals surface area contributed by atoms with E-state index in [0.29, 0.717) is 10.4 Å². The summed E-state index contributed by atoms with van der Waals surface area (Å²) in [6.07, 6.45) is 0.754. The van der Waals surface area contributed by atoms with Gasteiger partial charge in [-0.15, -0.1) is 24.8 Å². The Balaban J connectivity index is 0.00000220. The monoisotopic (exact) mass is 418 g/mol. The Morgan fingerprint density at radius 2 is 1.77 bits per heavy atom. The molecule has 1 aromatic carbocycles. The van der Waals surface area contributed by atoms with Crippen LogP contribution in [0.1, 0.15) is 31.9 Å². The first-order valence-electron chi connectivity index (χ1n) is 7.09. The molecule has 1 heterocycles. The number of hydrogen-bond acceptors (Lipinski definition) is 2. The van der Waals surface area contributed by atoms with E-state index >= 15 is 0 Å². The highest BCUT2D eigenvalue weighted by Crippen LogP contribution is 2.34. The highest BCUT2D eigenvalue weighted by Gasteiger charge is 2.28. The minimum atomic E-state index is -0.464. The molecule has 1 atom stereocenters. The molecule has 0 amide bonds. The van der Waals surface area contributed by atoms with Gasteiger partial charge in [-0.25, -0.2) is 8.78 Å². The molecule has 0 saturated carbocycles. The van der Waals surface area contributed by atoms with E-state index in [4.69, 9.17) is 0 Å². The fourth-order valence-corrected chi connectivity index (χ4v) is 3.08. The van der Waals surface area contributed by atoms with Crippen LogP contribution in [0.15, 0.2) is 16.6 Å². The van der Waals surface area contributed by atoms with E-state index in [9.17, 15) is 8.78 Å². The third kappa shape index (κ3) is 5.31. The van der Waals surface area contributed by atoms with Crippen LogP contribution in [0, 0.1) is 17.6 Å². The highest BCUT2D eigenvalue weighted by molar-refractivity contribution is 9.10. The van der Waals surface area contributed by atoms with Crippen LogP contribution in [0.3, 0.4) is 0 Å². The Morgan fingerprint density at radius 3 is 2.32 bits per heavy atom. The van der Waals surface area contributed by atoms with E-state index in [2.05, 4.69) is 40.0 Å². The van der Waals surface area contributed by atoms with Crippen molar-refractivity contribution in [3.8, 4) is 0 Å². The van der Waals surface area contributed by atoms with Crippen molar-refractivity contribution in [1.29, 1.82) is 0 Å². The van der Waals surface area contributed by atoms with Gasteiger partial charge in [-0.05, 0) is 40.4 Å². The lowest BCUT2D eigenvalue weighted by Gasteiger charge is -2.36.